The van der Waals surface area contributed by atoms with Gasteiger partial charge in [0.15, 0.2) is 0 Å². The standard InChI is InChI=1S/C8H16OS/c1-3-5-7-9-10-8-6-4-2/h3,5H,4,6-8H2,1-2H3. The average Bonchev–Trinajstić information content (AvgIpc) is 1.97. The van der Waals surface area contributed by atoms with Gasteiger partial charge in [0.25, 0.3) is 0 Å². The second-order valence-electron chi connectivity index (χ2n) is 2.03. The molecule has 0 aliphatic rings. The third-order valence-corrected chi connectivity index (χ3v) is 1.82. The number of hydrogen-bond acceptors (Lipinski definition) is 2. The van der Waals surface area contributed by atoms with Crippen LogP contribution in [-0.4, -0.2) is 12.4 Å². The van der Waals surface area contributed by atoms with Crippen LogP contribution in [0.15, 0.2) is 12.2 Å². The van der Waals surface area contributed by atoms with Crippen LogP contribution in [0.25, 0.3) is 0 Å². The van der Waals surface area contributed by atoms with Gasteiger partial charge in [-0.25, -0.2) is 0 Å². The summed E-state index contributed by atoms with van der Waals surface area (Å²) in [6, 6.07) is 0. The van der Waals surface area contributed by atoms with Crippen LogP contribution in [0, 0.1) is 0 Å². The van der Waals surface area contributed by atoms with Gasteiger partial charge in [0, 0.05) is 5.75 Å². The van der Waals surface area contributed by atoms with Gasteiger partial charge < -0.3 is 4.18 Å². The van der Waals surface area contributed by atoms with E-state index in [1.807, 2.05) is 19.1 Å². The molecule has 0 amide bonds. The Morgan fingerprint density at radius 1 is 1.50 bits per heavy atom. The molecule has 0 rings (SSSR count). The highest BCUT2D eigenvalue weighted by molar-refractivity contribution is 7.94. The number of rotatable bonds is 6. The van der Waals surface area contributed by atoms with Crippen LogP contribution in [0.4, 0.5) is 0 Å². The molecule has 0 unspecified atom stereocenters. The molecule has 0 aromatic rings. The van der Waals surface area contributed by atoms with Crippen molar-refractivity contribution in [2.45, 2.75) is 26.7 Å². The maximum absolute atomic E-state index is 5.21. The lowest BCUT2D eigenvalue weighted by atomic mass is 10.4. The first-order chi connectivity index (χ1) is 4.91. The minimum Gasteiger partial charge on any atom is -0.311 e. The molecule has 0 atom stereocenters. The highest BCUT2D eigenvalue weighted by atomic mass is 32.2. The lowest BCUT2D eigenvalue weighted by Crippen LogP contribution is -1.83. The van der Waals surface area contributed by atoms with E-state index in [-0.39, 0.29) is 0 Å². The first kappa shape index (κ1) is 10.0. The summed E-state index contributed by atoms with van der Waals surface area (Å²) in [5.41, 5.74) is 0. The van der Waals surface area contributed by atoms with Crippen molar-refractivity contribution in [1.82, 2.24) is 0 Å². The fourth-order valence-corrected chi connectivity index (χ4v) is 1.14. The summed E-state index contributed by atoms with van der Waals surface area (Å²) in [5.74, 6) is 1.12. The van der Waals surface area contributed by atoms with E-state index in [9.17, 15) is 0 Å². The largest absolute Gasteiger partial charge is 0.311 e. The van der Waals surface area contributed by atoms with Crippen molar-refractivity contribution in [3.63, 3.8) is 0 Å². The third-order valence-electron chi connectivity index (χ3n) is 1.06. The van der Waals surface area contributed by atoms with Crippen molar-refractivity contribution in [2.24, 2.45) is 0 Å². The summed E-state index contributed by atoms with van der Waals surface area (Å²) < 4.78 is 5.21. The fraction of sp³-hybridized carbons (Fsp3) is 0.750. The zero-order valence-corrected chi connectivity index (χ0v) is 7.62. The van der Waals surface area contributed by atoms with Crippen LogP contribution >= 0.6 is 12.0 Å². The van der Waals surface area contributed by atoms with Crippen molar-refractivity contribution in [1.29, 1.82) is 0 Å². The van der Waals surface area contributed by atoms with Gasteiger partial charge in [-0.1, -0.05) is 25.5 Å². The zero-order chi connectivity index (χ0) is 7.66. The molecule has 0 radical (unpaired) electrons. The lowest BCUT2D eigenvalue weighted by Gasteiger charge is -1.96. The molecule has 2 heteroatoms. The Hall–Kier alpha value is 0.0500. The van der Waals surface area contributed by atoms with Gasteiger partial charge in [-0.05, 0) is 25.4 Å². The molecule has 0 saturated heterocycles. The molecule has 60 valence electrons. The Morgan fingerprint density at radius 3 is 2.90 bits per heavy atom. The molecule has 0 aromatic carbocycles. The van der Waals surface area contributed by atoms with E-state index in [1.165, 1.54) is 12.8 Å². The average molecular weight is 160 g/mol. The minimum atomic E-state index is 0.741. The molecule has 0 heterocycles. The SMILES string of the molecule is CC=CCOSCCCC. The fourth-order valence-electron chi connectivity index (χ4n) is 0.446. The van der Waals surface area contributed by atoms with Gasteiger partial charge in [0.1, 0.15) is 0 Å². The Balaban J connectivity index is 2.77. The zero-order valence-electron chi connectivity index (χ0n) is 6.80. The molecule has 0 aliphatic heterocycles. The van der Waals surface area contributed by atoms with Crippen LogP contribution in [0.5, 0.6) is 0 Å². The van der Waals surface area contributed by atoms with E-state index in [1.54, 1.807) is 12.0 Å². The van der Waals surface area contributed by atoms with E-state index < -0.39 is 0 Å². The molecule has 1 nitrogen and oxygen atoms in total. The smallest absolute Gasteiger partial charge is 0.0795 e. The summed E-state index contributed by atoms with van der Waals surface area (Å²) in [4.78, 5) is 0. The summed E-state index contributed by atoms with van der Waals surface area (Å²) in [7, 11) is 0. The van der Waals surface area contributed by atoms with Crippen LogP contribution in [0.3, 0.4) is 0 Å². The molecule has 10 heavy (non-hydrogen) atoms. The maximum Gasteiger partial charge on any atom is 0.0795 e. The third kappa shape index (κ3) is 8.05. The van der Waals surface area contributed by atoms with E-state index >= 15 is 0 Å². The monoisotopic (exact) mass is 160 g/mol. The quantitative estimate of drug-likeness (QED) is 0.335. The van der Waals surface area contributed by atoms with Crippen molar-refractivity contribution < 1.29 is 4.18 Å². The highest BCUT2D eigenvalue weighted by Crippen LogP contribution is 2.05. The van der Waals surface area contributed by atoms with Crippen molar-refractivity contribution in [3.05, 3.63) is 12.2 Å². The highest BCUT2D eigenvalue weighted by Gasteiger charge is 1.85. The van der Waals surface area contributed by atoms with Gasteiger partial charge in [0.05, 0.1) is 6.61 Å². The van der Waals surface area contributed by atoms with E-state index in [4.69, 9.17) is 4.18 Å². The summed E-state index contributed by atoms with van der Waals surface area (Å²) in [6.45, 7) is 4.93. The van der Waals surface area contributed by atoms with Gasteiger partial charge in [-0.2, -0.15) is 0 Å². The Bertz CT molecular complexity index is 81.3. The topological polar surface area (TPSA) is 9.23 Å². The second kappa shape index (κ2) is 9.05. The summed E-state index contributed by atoms with van der Waals surface area (Å²) >= 11 is 1.57. The molecule has 0 saturated carbocycles. The number of allylic oxidation sites excluding steroid dienone is 1. The Kier molecular flexibility index (Phi) is 9.10. The van der Waals surface area contributed by atoms with E-state index in [2.05, 4.69) is 6.92 Å². The Morgan fingerprint density at radius 2 is 2.30 bits per heavy atom. The normalized spacial score (nSPS) is 11.0. The van der Waals surface area contributed by atoms with Crippen molar-refractivity contribution in [3.8, 4) is 0 Å². The van der Waals surface area contributed by atoms with E-state index in [0.717, 1.165) is 12.4 Å². The number of unbranched alkanes of at least 4 members (excludes halogenated alkanes) is 1. The summed E-state index contributed by atoms with van der Waals surface area (Å²) in [5, 5.41) is 0. The molecule has 0 aliphatic carbocycles. The van der Waals surface area contributed by atoms with Gasteiger partial charge in [-0.3, -0.25) is 0 Å². The molecule has 0 spiro atoms. The van der Waals surface area contributed by atoms with Gasteiger partial charge in [-0.15, -0.1) is 0 Å². The van der Waals surface area contributed by atoms with Gasteiger partial charge in [0.2, 0.25) is 0 Å². The second-order valence-corrected chi connectivity index (χ2v) is 2.91. The molecule has 0 N–H and O–H groups in total. The predicted octanol–water partition coefficient (Wildman–Crippen LogP) is 3.03. The minimum absolute atomic E-state index is 0.741. The molecular weight excluding hydrogens is 144 g/mol. The summed E-state index contributed by atoms with van der Waals surface area (Å²) in [6.07, 6.45) is 6.51. The molecule has 0 fully saturated rings. The van der Waals surface area contributed by atoms with Gasteiger partial charge >= 0.3 is 0 Å². The first-order valence-electron chi connectivity index (χ1n) is 3.77. The van der Waals surface area contributed by atoms with Crippen LogP contribution < -0.4 is 0 Å². The van der Waals surface area contributed by atoms with Crippen molar-refractivity contribution in [2.75, 3.05) is 12.4 Å². The number of hydrogen-bond donors (Lipinski definition) is 0. The van der Waals surface area contributed by atoms with Crippen molar-refractivity contribution >= 4 is 12.0 Å². The molecule has 0 aromatic heterocycles. The van der Waals surface area contributed by atoms with E-state index in [0.29, 0.717) is 0 Å². The van der Waals surface area contributed by atoms with Crippen LogP contribution in [0.2, 0.25) is 0 Å². The molecule has 0 bridgehead atoms. The predicted molar refractivity (Wildman–Crippen MR) is 48.1 cm³/mol. The maximum atomic E-state index is 5.21. The first-order valence-corrected chi connectivity index (χ1v) is 4.68. The van der Waals surface area contributed by atoms with Crippen LogP contribution in [-0.2, 0) is 4.18 Å². The lowest BCUT2D eigenvalue weighted by molar-refractivity contribution is 0.428. The van der Waals surface area contributed by atoms with Crippen LogP contribution in [0.1, 0.15) is 26.7 Å². The Labute approximate surface area is 68.0 Å². The molecular formula is C8H16OS.